The van der Waals surface area contributed by atoms with Crippen LogP contribution < -0.4 is 10.2 Å². The van der Waals surface area contributed by atoms with Gasteiger partial charge in [-0.05, 0) is 58.2 Å². The van der Waals surface area contributed by atoms with Crippen molar-refractivity contribution in [2.75, 3.05) is 7.11 Å². The van der Waals surface area contributed by atoms with Gasteiger partial charge in [0.25, 0.3) is 0 Å². The standard InChI is InChI=1S/C17H22BNO3/c1-11-13-10-14(15(20-6)9-12(13)7-8-19-11)18-21-16(2,3)17(4,5)22-18/h7-10H,1-6H3. The summed E-state index contributed by atoms with van der Waals surface area (Å²) in [6.07, 6.45) is 1.81. The van der Waals surface area contributed by atoms with Gasteiger partial charge in [0.2, 0.25) is 0 Å². The van der Waals surface area contributed by atoms with Crippen molar-refractivity contribution in [1.29, 1.82) is 0 Å². The lowest BCUT2D eigenvalue weighted by Crippen LogP contribution is -2.41. The maximum atomic E-state index is 6.16. The third kappa shape index (κ3) is 2.29. The van der Waals surface area contributed by atoms with E-state index in [2.05, 4.69) is 11.1 Å². The zero-order valence-electron chi connectivity index (χ0n) is 14.1. The molecule has 0 unspecified atom stereocenters. The Hall–Kier alpha value is -1.59. The molecule has 4 nitrogen and oxygen atoms in total. The van der Waals surface area contributed by atoms with Crippen LogP contribution in [0.5, 0.6) is 5.75 Å². The van der Waals surface area contributed by atoms with Crippen molar-refractivity contribution in [2.24, 2.45) is 0 Å². The molecule has 0 atom stereocenters. The van der Waals surface area contributed by atoms with Crippen LogP contribution in [-0.4, -0.2) is 30.4 Å². The maximum Gasteiger partial charge on any atom is 0.498 e. The summed E-state index contributed by atoms with van der Waals surface area (Å²) < 4.78 is 17.9. The highest BCUT2D eigenvalue weighted by Gasteiger charge is 2.52. The van der Waals surface area contributed by atoms with Crippen molar-refractivity contribution in [3.05, 3.63) is 30.1 Å². The first-order chi connectivity index (χ1) is 10.2. The van der Waals surface area contributed by atoms with Gasteiger partial charge in [0.05, 0.1) is 18.3 Å². The van der Waals surface area contributed by atoms with Crippen molar-refractivity contribution >= 4 is 23.4 Å². The van der Waals surface area contributed by atoms with Crippen LogP contribution in [0.1, 0.15) is 33.4 Å². The van der Waals surface area contributed by atoms with Gasteiger partial charge in [0, 0.05) is 22.7 Å². The van der Waals surface area contributed by atoms with Gasteiger partial charge in [-0.15, -0.1) is 0 Å². The van der Waals surface area contributed by atoms with Crippen LogP contribution >= 0.6 is 0 Å². The summed E-state index contributed by atoms with van der Waals surface area (Å²) in [4.78, 5) is 4.37. The Balaban J connectivity index is 2.13. The number of benzene rings is 1. The van der Waals surface area contributed by atoms with Crippen LogP contribution in [0.3, 0.4) is 0 Å². The number of hydrogen-bond donors (Lipinski definition) is 0. The van der Waals surface area contributed by atoms with Gasteiger partial charge < -0.3 is 14.0 Å². The van der Waals surface area contributed by atoms with Crippen LogP contribution in [0.15, 0.2) is 24.4 Å². The largest absolute Gasteiger partial charge is 0.498 e. The first-order valence-electron chi connectivity index (χ1n) is 7.54. The van der Waals surface area contributed by atoms with Crippen molar-refractivity contribution in [2.45, 2.75) is 45.8 Å². The smallest absolute Gasteiger partial charge is 0.497 e. The quantitative estimate of drug-likeness (QED) is 0.800. The lowest BCUT2D eigenvalue weighted by atomic mass is 9.77. The number of fused-ring (bicyclic) bond motifs is 1. The molecule has 5 heteroatoms. The predicted octanol–water partition coefficient (Wildman–Crippen LogP) is 2.85. The Morgan fingerprint density at radius 3 is 2.32 bits per heavy atom. The first-order valence-corrected chi connectivity index (χ1v) is 7.54. The topological polar surface area (TPSA) is 40.6 Å². The molecule has 116 valence electrons. The average molecular weight is 299 g/mol. The van der Waals surface area contributed by atoms with E-state index in [4.69, 9.17) is 14.0 Å². The fourth-order valence-electron chi connectivity index (χ4n) is 2.69. The molecule has 2 heterocycles. The normalized spacial score (nSPS) is 19.6. The second-order valence-electron chi connectivity index (χ2n) is 6.80. The zero-order chi connectivity index (χ0) is 16.1. The number of aryl methyl sites for hydroxylation is 1. The number of pyridine rings is 1. The molecule has 2 aromatic rings. The number of nitrogens with zero attached hydrogens (tertiary/aromatic N) is 1. The van der Waals surface area contributed by atoms with E-state index in [0.29, 0.717) is 0 Å². The number of ether oxygens (including phenoxy) is 1. The van der Waals surface area contributed by atoms with Gasteiger partial charge >= 0.3 is 7.12 Å². The highest BCUT2D eigenvalue weighted by molar-refractivity contribution is 6.63. The van der Waals surface area contributed by atoms with Crippen LogP contribution in [-0.2, 0) is 9.31 Å². The molecule has 1 fully saturated rings. The van der Waals surface area contributed by atoms with E-state index in [1.807, 2.05) is 52.9 Å². The fraction of sp³-hybridized carbons (Fsp3) is 0.471. The molecule has 0 radical (unpaired) electrons. The summed E-state index contributed by atoms with van der Waals surface area (Å²) in [5.74, 6) is 0.775. The van der Waals surface area contributed by atoms with Gasteiger partial charge in [0.1, 0.15) is 5.75 Å². The van der Waals surface area contributed by atoms with Crippen molar-refractivity contribution in [3.63, 3.8) is 0 Å². The van der Waals surface area contributed by atoms with Gasteiger partial charge in [-0.1, -0.05) is 0 Å². The number of aromatic nitrogens is 1. The lowest BCUT2D eigenvalue weighted by Gasteiger charge is -2.32. The van der Waals surface area contributed by atoms with Crippen LogP contribution in [0.4, 0.5) is 0 Å². The molecule has 0 amide bonds. The molecule has 1 aromatic heterocycles. The minimum atomic E-state index is -0.441. The molecule has 0 bridgehead atoms. The van der Waals surface area contributed by atoms with E-state index in [1.165, 1.54) is 0 Å². The van der Waals surface area contributed by atoms with Gasteiger partial charge in [0.15, 0.2) is 0 Å². The molecule has 0 N–H and O–H groups in total. The van der Waals surface area contributed by atoms with E-state index in [-0.39, 0.29) is 11.2 Å². The SMILES string of the molecule is COc1cc2ccnc(C)c2cc1B1OC(C)(C)C(C)(C)O1. The highest BCUT2D eigenvalue weighted by atomic mass is 16.7. The summed E-state index contributed by atoms with van der Waals surface area (Å²) in [6, 6.07) is 6.07. The van der Waals surface area contributed by atoms with E-state index in [1.54, 1.807) is 7.11 Å². The summed E-state index contributed by atoms with van der Waals surface area (Å²) in [7, 11) is 1.23. The van der Waals surface area contributed by atoms with E-state index in [9.17, 15) is 0 Å². The third-order valence-corrected chi connectivity index (χ3v) is 4.82. The van der Waals surface area contributed by atoms with E-state index < -0.39 is 7.12 Å². The number of rotatable bonds is 2. The summed E-state index contributed by atoms with van der Waals surface area (Å²) >= 11 is 0. The van der Waals surface area contributed by atoms with Crippen LogP contribution in [0.2, 0.25) is 0 Å². The summed E-state index contributed by atoms with van der Waals surface area (Å²) in [5, 5.41) is 2.19. The molecular weight excluding hydrogens is 277 g/mol. The summed E-state index contributed by atoms with van der Waals surface area (Å²) in [5.41, 5.74) is 1.14. The molecule has 1 aliphatic rings. The maximum absolute atomic E-state index is 6.16. The van der Waals surface area contributed by atoms with Crippen molar-refractivity contribution in [3.8, 4) is 5.75 Å². The Labute approximate surface area is 131 Å². The molecule has 1 aliphatic heterocycles. The van der Waals surface area contributed by atoms with Gasteiger partial charge in [-0.2, -0.15) is 0 Å². The molecule has 1 aromatic carbocycles. The molecule has 22 heavy (non-hydrogen) atoms. The summed E-state index contributed by atoms with van der Waals surface area (Å²) in [6.45, 7) is 10.2. The molecule has 3 rings (SSSR count). The third-order valence-electron chi connectivity index (χ3n) is 4.82. The second kappa shape index (κ2) is 4.96. The first kappa shape index (κ1) is 15.3. The minimum Gasteiger partial charge on any atom is -0.497 e. The molecule has 0 saturated carbocycles. The van der Waals surface area contributed by atoms with Crippen molar-refractivity contribution in [1.82, 2.24) is 4.98 Å². The fourth-order valence-corrected chi connectivity index (χ4v) is 2.69. The molecular formula is C17H22BNO3. The predicted molar refractivity (Wildman–Crippen MR) is 88.7 cm³/mol. The van der Waals surface area contributed by atoms with Crippen LogP contribution in [0, 0.1) is 6.92 Å². The monoisotopic (exact) mass is 299 g/mol. The second-order valence-corrected chi connectivity index (χ2v) is 6.80. The van der Waals surface area contributed by atoms with Gasteiger partial charge in [-0.25, -0.2) is 0 Å². The number of methoxy groups -OCH3 is 1. The Kier molecular flexibility index (Phi) is 3.46. The lowest BCUT2D eigenvalue weighted by molar-refractivity contribution is 0.00578. The molecule has 1 saturated heterocycles. The Bertz CT molecular complexity index is 711. The van der Waals surface area contributed by atoms with Gasteiger partial charge in [-0.3, -0.25) is 4.98 Å². The molecule has 0 spiro atoms. The van der Waals surface area contributed by atoms with E-state index >= 15 is 0 Å². The highest BCUT2D eigenvalue weighted by Crippen LogP contribution is 2.37. The Morgan fingerprint density at radius 2 is 1.73 bits per heavy atom. The number of hydrogen-bond acceptors (Lipinski definition) is 4. The minimum absolute atomic E-state index is 0.373. The molecule has 0 aliphatic carbocycles. The van der Waals surface area contributed by atoms with Crippen LogP contribution in [0.25, 0.3) is 10.8 Å². The average Bonchev–Trinajstić information content (AvgIpc) is 2.66. The zero-order valence-corrected chi connectivity index (χ0v) is 14.1. The van der Waals surface area contributed by atoms with Crippen molar-refractivity contribution < 1.29 is 14.0 Å². The van der Waals surface area contributed by atoms with E-state index in [0.717, 1.165) is 27.7 Å². The Morgan fingerprint density at radius 1 is 1.09 bits per heavy atom.